The maximum absolute atomic E-state index is 12.2. The second kappa shape index (κ2) is 6.46. The van der Waals surface area contributed by atoms with Gasteiger partial charge in [0.15, 0.2) is 11.5 Å². The number of rotatable bonds is 4. The van der Waals surface area contributed by atoms with E-state index in [1.54, 1.807) is 24.3 Å². The van der Waals surface area contributed by atoms with Crippen LogP contribution in [0.4, 0.5) is 0 Å². The van der Waals surface area contributed by atoms with Crippen LogP contribution in [0.3, 0.4) is 0 Å². The van der Waals surface area contributed by atoms with Gasteiger partial charge in [-0.05, 0) is 30.2 Å². The van der Waals surface area contributed by atoms with Crippen molar-refractivity contribution in [2.24, 2.45) is 0 Å². The van der Waals surface area contributed by atoms with Crippen LogP contribution in [0.5, 0.6) is 11.5 Å². The first-order chi connectivity index (χ1) is 10.7. The van der Waals surface area contributed by atoms with Gasteiger partial charge in [-0.3, -0.25) is 4.79 Å². The fourth-order valence-electron chi connectivity index (χ4n) is 2.26. The summed E-state index contributed by atoms with van der Waals surface area (Å²) in [5.74, 6) is 0.867. The highest BCUT2D eigenvalue weighted by atomic mass is 35.5. The number of fused-ring (bicyclic) bond motifs is 1. The summed E-state index contributed by atoms with van der Waals surface area (Å²) < 4.78 is 10.6. The van der Waals surface area contributed by atoms with E-state index in [1.165, 1.54) is 0 Å². The molecule has 6 heteroatoms. The largest absolute Gasteiger partial charge is 0.454 e. The SMILES string of the molecule is O=C(NCCc1cccc(Cl)c1Cl)c1cccc2c1OCO2. The van der Waals surface area contributed by atoms with Crippen LogP contribution in [0.15, 0.2) is 36.4 Å². The Hall–Kier alpha value is -1.91. The molecule has 1 N–H and O–H groups in total. The molecule has 1 aliphatic heterocycles. The molecule has 0 atom stereocenters. The van der Waals surface area contributed by atoms with Crippen LogP contribution < -0.4 is 14.8 Å². The number of halogens is 2. The van der Waals surface area contributed by atoms with Crippen LogP contribution in [-0.2, 0) is 6.42 Å². The molecule has 0 spiro atoms. The van der Waals surface area contributed by atoms with E-state index in [0.717, 1.165) is 5.56 Å². The molecule has 1 heterocycles. The summed E-state index contributed by atoms with van der Waals surface area (Å²) in [6.07, 6.45) is 0.595. The van der Waals surface area contributed by atoms with Crippen molar-refractivity contribution in [2.75, 3.05) is 13.3 Å². The van der Waals surface area contributed by atoms with E-state index in [9.17, 15) is 4.79 Å². The summed E-state index contributed by atoms with van der Waals surface area (Å²) in [6, 6.07) is 10.7. The smallest absolute Gasteiger partial charge is 0.255 e. The molecule has 22 heavy (non-hydrogen) atoms. The summed E-state index contributed by atoms with van der Waals surface area (Å²) in [6.45, 7) is 0.584. The fraction of sp³-hybridized carbons (Fsp3) is 0.188. The van der Waals surface area contributed by atoms with E-state index in [2.05, 4.69) is 5.32 Å². The topological polar surface area (TPSA) is 47.6 Å². The van der Waals surface area contributed by atoms with Crippen molar-refractivity contribution in [2.45, 2.75) is 6.42 Å². The van der Waals surface area contributed by atoms with Crippen molar-refractivity contribution in [3.63, 3.8) is 0 Å². The van der Waals surface area contributed by atoms with Crippen LogP contribution in [0.2, 0.25) is 10.0 Å². The third-order valence-corrected chi connectivity index (χ3v) is 4.21. The van der Waals surface area contributed by atoms with Crippen LogP contribution in [-0.4, -0.2) is 19.2 Å². The molecule has 0 bridgehead atoms. The average molecular weight is 338 g/mol. The second-order valence-electron chi connectivity index (χ2n) is 4.76. The first-order valence-electron chi connectivity index (χ1n) is 6.76. The molecule has 3 rings (SSSR count). The van der Waals surface area contributed by atoms with Gasteiger partial charge in [0, 0.05) is 6.54 Å². The Kier molecular flexibility index (Phi) is 4.41. The molecule has 0 radical (unpaired) electrons. The van der Waals surface area contributed by atoms with E-state index in [0.29, 0.717) is 40.1 Å². The van der Waals surface area contributed by atoms with Crippen molar-refractivity contribution >= 4 is 29.1 Å². The molecule has 2 aromatic carbocycles. The molecule has 114 valence electrons. The molecular formula is C16H13Cl2NO3. The highest BCUT2D eigenvalue weighted by Gasteiger charge is 2.21. The monoisotopic (exact) mass is 337 g/mol. The molecule has 4 nitrogen and oxygen atoms in total. The van der Waals surface area contributed by atoms with Gasteiger partial charge in [0.05, 0.1) is 15.6 Å². The highest BCUT2D eigenvalue weighted by Crippen LogP contribution is 2.35. The second-order valence-corrected chi connectivity index (χ2v) is 5.54. The van der Waals surface area contributed by atoms with Crippen LogP contribution in [0.25, 0.3) is 0 Å². The van der Waals surface area contributed by atoms with Gasteiger partial charge in [-0.15, -0.1) is 0 Å². The molecule has 0 fully saturated rings. The number of hydrogen-bond acceptors (Lipinski definition) is 3. The zero-order valence-electron chi connectivity index (χ0n) is 11.6. The Morgan fingerprint density at radius 3 is 2.82 bits per heavy atom. The Balaban J connectivity index is 1.64. The number of hydrogen-bond donors (Lipinski definition) is 1. The zero-order valence-corrected chi connectivity index (χ0v) is 13.1. The molecule has 2 aromatic rings. The summed E-state index contributed by atoms with van der Waals surface area (Å²) in [4.78, 5) is 12.2. The van der Waals surface area contributed by atoms with Gasteiger partial charge in [-0.1, -0.05) is 41.4 Å². The van der Waals surface area contributed by atoms with Gasteiger partial charge in [0.2, 0.25) is 6.79 Å². The molecule has 0 aromatic heterocycles. The molecule has 0 saturated heterocycles. The van der Waals surface area contributed by atoms with E-state index < -0.39 is 0 Å². The average Bonchev–Trinajstić information content (AvgIpc) is 2.99. The van der Waals surface area contributed by atoms with Gasteiger partial charge < -0.3 is 14.8 Å². The first-order valence-corrected chi connectivity index (χ1v) is 7.52. The Labute approximate surface area is 137 Å². The quantitative estimate of drug-likeness (QED) is 0.925. The maximum Gasteiger partial charge on any atom is 0.255 e. The van der Waals surface area contributed by atoms with E-state index >= 15 is 0 Å². The summed E-state index contributed by atoms with van der Waals surface area (Å²) >= 11 is 12.1. The van der Waals surface area contributed by atoms with Crippen LogP contribution >= 0.6 is 23.2 Å². The molecule has 1 amide bonds. The van der Waals surface area contributed by atoms with Gasteiger partial charge in [-0.2, -0.15) is 0 Å². The van der Waals surface area contributed by atoms with Crippen LogP contribution in [0.1, 0.15) is 15.9 Å². The summed E-state index contributed by atoms with van der Waals surface area (Å²) in [5.41, 5.74) is 1.36. The Morgan fingerprint density at radius 1 is 1.14 bits per heavy atom. The Morgan fingerprint density at radius 2 is 1.95 bits per heavy atom. The van der Waals surface area contributed by atoms with Gasteiger partial charge >= 0.3 is 0 Å². The molecule has 0 unspecified atom stereocenters. The van der Waals surface area contributed by atoms with E-state index in [4.69, 9.17) is 32.7 Å². The van der Waals surface area contributed by atoms with Gasteiger partial charge in [0.1, 0.15) is 0 Å². The predicted octanol–water partition coefficient (Wildman–Crippen LogP) is 3.69. The molecule has 0 saturated carbocycles. The predicted molar refractivity (Wildman–Crippen MR) is 85.1 cm³/mol. The van der Waals surface area contributed by atoms with Crippen molar-refractivity contribution in [1.82, 2.24) is 5.32 Å². The number of para-hydroxylation sites is 1. The van der Waals surface area contributed by atoms with E-state index in [1.807, 2.05) is 12.1 Å². The molecule has 1 aliphatic rings. The fourth-order valence-corrected chi connectivity index (χ4v) is 2.67. The number of carbonyl (C=O) groups excluding carboxylic acids is 1. The number of amides is 1. The van der Waals surface area contributed by atoms with Crippen molar-refractivity contribution in [3.05, 3.63) is 57.6 Å². The van der Waals surface area contributed by atoms with Gasteiger partial charge in [0.25, 0.3) is 5.91 Å². The first kappa shape index (κ1) is 15.0. The van der Waals surface area contributed by atoms with Crippen molar-refractivity contribution in [3.8, 4) is 11.5 Å². The van der Waals surface area contributed by atoms with Crippen molar-refractivity contribution < 1.29 is 14.3 Å². The molecular weight excluding hydrogens is 325 g/mol. The highest BCUT2D eigenvalue weighted by molar-refractivity contribution is 6.42. The number of nitrogens with one attached hydrogen (secondary N) is 1. The normalized spacial score (nSPS) is 12.3. The lowest BCUT2D eigenvalue weighted by Crippen LogP contribution is -2.26. The van der Waals surface area contributed by atoms with Crippen molar-refractivity contribution in [1.29, 1.82) is 0 Å². The lowest BCUT2D eigenvalue weighted by Gasteiger charge is -2.09. The zero-order chi connectivity index (χ0) is 15.5. The number of benzene rings is 2. The third-order valence-electron chi connectivity index (χ3n) is 3.35. The lowest BCUT2D eigenvalue weighted by atomic mass is 10.1. The maximum atomic E-state index is 12.2. The summed E-state index contributed by atoms with van der Waals surface area (Å²) in [5, 5.41) is 3.88. The minimum atomic E-state index is -0.208. The number of ether oxygens (including phenoxy) is 2. The third kappa shape index (κ3) is 2.98. The molecule has 0 aliphatic carbocycles. The Bertz CT molecular complexity index is 719. The minimum absolute atomic E-state index is 0.137. The van der Waals surface area contributed by atoms with Crippen LogP contribution in [0, 0.1) is 0 Å². The summed E-state index contributed by atoms with van der Waals surface area (Å²) in [7, 11) is 0. The van der Waals surface area contributed by atoms with Gasteiger partial charge in [-0.25, -0.2) is 0 Å². The van der Waals surface area contributed by atoms with E-state index in [-0.39, 0.29) is 12.7 Å². The lowest BCUT2D eigenvalue weighted by molar-refractivity contribution is 0.0949. The number of carbonyl (C=O) groups is 1. The standard InChI is InChI=1S/C16H13Cl2NO3/c17-12-5-1-3-10(14(12)18)7-8-19-16(20)11-4-2-6-13-15(11)22-9-21-13/h1-6H,7-9H2,(H,19,20). The minimum Gasteiger partial charge on any atom is -0.454 e.